The highest BCUT2D eigenvalue weighted by atomic mass is 35.5. The number of halogens is 1. The van der Waals surface area contributed by atoms with E-state index in [1.54, 1.807) is 0 Å². The van der Waals surface area contributed by atoms with Crippen LogP contribution in [-0.4, -0.2) is 54.3 Å². The molecule has 1 rings (SSSR count). The average Bonchev–Trinajstić information content (AvgIpc) is 2.74. The Morgan fingerprint density at radius 2 is 2.31 bits per heavy atom. The van der Waals surface area contributed by atoms with Crippen molar-refractivity contribution in [2.45, 2.75) is 32.7 Å². The Labute approximate surface area is 104 Å². The van der Waals surface area contributed by atoms with Crippen molar-refractivity contribution in [2.75, 3.05) is 32.6 Å². The minimum absolute atomic E-state index is 0.0665. The fraction of sp³-hybridized carbons (Fsp3) is 0.917. The van der Waals surface area contributed by atoms with Crippen LogP contribution in [-0.2, 0) is 4.79 Å². The first-order chi connectivity index (χ1) is 7.60. The van der Waals surface area contributed by atoms with Gasteiger partial charge in [0.05, 0.1) is 0 Å². The van der Waals surface area contributed by atoms with Gasteiger partial charge in [-0.15, -0.1) is 11.6 Å². The SMILES string of the molecule is CCN1CCCC1CN(C)C(=O)C(C)CCl. The summed E-state index contributed by atoms with van der Waals surface area (Å²) in [6, 6.07) is 0.543. The molecule has 0 N–H and O–H groups in total. The van der Waals surface area contributed by atoms with Gasteiger partial charge in [0.25, 0.3) is 0 Å². The molecule has 4 heteroatoms. The quantitative estimate of drug-likeness (QED) is 0.691. The molecule has 2 atom stereocenters. The summed E-state index contributed by atoms with van der Waals surface area (Å²) in [4.78, 5) is 16.2. The first-order valence-electron chi connectivity index (χ1n) is 6.15. The van der Waals surface area contributed by atoms with Crippen molar-refractivity contribution >= 4 is 17.5 Å². The number of amides is 1. The Kier molecular flexibility index (Phi) is 5.56. The molecule has 0 aromatic carbocycles. The van der Waals surface area contributed by atoms with E-state index in [1.165, 1.54) is 19.4 Å². The number of likely N-dealkylation sites (tertiary alicyclic amines) is 1. The van der Waals surface area contributed by atoms with E-state index in [-0.39, 0.29) is 11.8 Å². The molecule has 3 nitrogen and oxygen atoms in total. The Morgan fingerprint density at radius 3 is 2.88 bits per heavy atom. The molecule has 0 aromatic rings. The van der Waals surface area contributed by atoms with Gasteiger partial charge in [-0.25, -0.2) is 0 Å². The van der Waals surface area contributed by atoms with E-state index in [0.717, 1.165) is 13.1 Å². The largest absolute Gasteiger partial charge is 0.344 e. The number of carbonyl (C=O) groups is 1. The number of hydrogen-bond acceptors (Lipinski definition) is 2. The Balaban J connectivity index is 2.44. The third-order valence-corrected chi connectivity index (χ3v) is 3.88. The third-order valence-electron chi connectivity index (χ3n) is 3.42. The highest BCUT2D eigenvalue weighted by molar-refractivity contribution is 6.19. The van der Waals surface area contributed by atoms with Crippen molar-refractivity contribution in [1.29, 1.82) is 0 Å². The average molecular weight is 247 g/mol. The summed E-state index contributed by atoms with van der Waals surface area (Å²) >= 11 is 5.71. The van der Waals surface area contributed by atoms with Crippen molar-refractivity contribution in [3.63, 3.8) is 0 Å². The van der Waals surface area contributed by atoms with Crippen LogP contribution in [0.4, 0.5) is 0 Å². The number of hydrogen-bond donors (Lipinski definition) is 0. The van der Waals surface area contributed by atoms with Crippen molar-refractivity contribution in [3.05, 3.63) is 0 Å². The molecule has 1 aliphatic heterocycles. The van der Waals surface area contributed by atoms with Crippen LogP contribution in [0.3, 0.4) is 0 Å². The van der Waals surface area contributed by atoms with E-state index in [4.69, 9.17) is 11.6 Å². The molecule has 2 unspecified atom stereocenters. The van der Waals surface area contributed by atoms with Crippen LogP contribution in [0.1, 0.15) is 26.7 Å². The predicted molar refractivity (Wildman–Crippen MR) is 67.8 cm³/mol. The van der Waals surface area contributed by atoms with Crippen molar-refractivity contribution in [1.82, 2.24) is 9.80 Å². The molecule has 1 heterocycles. The first-order valence-corrected chi connectivity index (χ1v) is 6.68. The number of nitrogens with zero attached hydrogens (tertiary/aromatic N) is 2. The van der Waals surface area contributed by atoms with E-state index >= 15 is 0 Å². The summed E-state index contributed by atoms with van der Waals surface area (Å²) in [6.45, 7) is 7.17. The maximum atomic E-state index is 11.9. The molecular formula is C12H23ClN2O. The molecule has 0 bridgehead atoms. The summed E-state index contributed by atoms with van der Waals surface area (Å²) in [5.41, 5.74) is 0. The van der Waals surface area contributed by atoms with Crippen molar-refractivity contribution in [3.8, 4) is 0 Å². The lowest BCUT2D eigenvalue weighted by Crippen LogP contribution is -2.43. The maximum Gasteiger partial charge on any atom is 0.226 e. The van der Waals surface area contributed by atoms with Gasteiger partial charge < -0.3 is 4.90 Å². The minimum atomic E-state index is -0.0665. The van der Waals surface area contributed by atoms with E-state index in [9.17, 15) is 4.79 Å². The van der Waals surface area contributed by atoms with E-state index < -0.39 is 0 Å². The summed E-state index contributed by atoms with van der Waals surface area (Å²) in [7, 11) is 1.89. The zero-order valence-electron chi connectivity index (χ0n) is 10.6. The molecule has 0 saturated carbocycles. The molecule has 0 radical (unpaired) electrons. The number of likely N-dealkylation sites (N-methyl/N-ethyl adjacent to an activating group) is 2. The van der Waals surface area contributed by atoms with Crippen LogP contribution >= 0.6 is 11.6 Å². The Morgan fingerprint density at radius 1 is 1.62 bits per heavy atom. The van der Waals surface area contributed by atoms with Crippen LogP contribution in [0.15, 0.2) is 0 Å². The standard InChI is InChI=1S/C12H23ClN2O/c1-4-15-7-5-6-11(15)9-14(3)12(16)10(2)8-13/h10-11H,4-9H2,1-3H3. The van der Waals surface area contributed by atoms with Gasteiger partial charge in [-0.2, -0.15) is 0 Å². The highest BCUT2D eigenvalue weighted by Gasteiger charge is 2.26. The monoisotopic (exact) mass is 246 g/mol. The minimum Gasteiger partial charge on any atom is -0.344 e. The summed E-state index contributed by atoms with van der Waals surface area (Å²) in [6.07, 6.45) is 2.46. The second kappa shape index (κ2) is 6.45. The fourth-order valence-electron chi connectivity index (χ4n) is 2.37. The maximum absolute atomic E-state index is 11.9. The first kappa shape index (κ1) is 13.8. The Hall–Kier alpha value is -0.280. The zero-order valence-corrected chi connectivity index (χ0v) is 11.3. The third kappa shape index (κ3) is 3.36. The number of carbonyl (C=O) groups excluding carboxylic acids is 1. The molecular weight excluding hydrogens is 224 g/mol. The van der Waals surface area contributed by atoms with Crippen molar-refractivity contribution < 1.29 is 4.79 Å². The van der Waals surface area contributed by atoms with Crippen LogP contribution in [0.25, 0.3) is 0 Å². The van der Waals surface area contributed by atoms with Crippen LogP contribution in [0.5, 0.6) is 0 Å². The molecule has 1 fully saturated rings. The number of alkyl halides is 1. The lowest BCUT2D eigenvalue weighted by molar-refractivity contribution is -0.133. The van der Waals surface area contributed by atoms with Gasteiger partial charge in [0.2, 0.25) is 5.91 Å². The van der Waals surface area contributed by atoms with E-state index in [0.29, 0.717) is 11.9 Å². The topological polar surface area (TPSA) is 23.6 Å². The van der Waals surface area contributed by atoms with Crippen LogP contribution in [0.2, 0.25) is 0 Å². The van der Waals surface area contributed by atoms with Gasteiger partial charge in [-0.3, -0.25) is 9.69 Å². The van der Waals surface area contributed by atoms with E-state index in [1.807, 2.05) is 18.9 Å². The summed E-state index contributed by atoms with van der Waals surface area (Å²) < 4.78 is 0. The predicted octanol–water partition coefficient (Wildman–Crippen LogP) is 1.80. The molecule has 16 heavy (non-hydrogen) atoms. The van der Waals surface area contributed by atoms with Gasteiger partial charge in [-0.1, -0.05) is 13.8 Å². The van der Waals surface area contributed by atoms with Gasteiger partial charge in [0.15, 0.2) is 0 Å². The Bertz CT molecular complexity index is 235. The lowest BCUT2D eigenvalue weighted by atomic mass is 10.1. The zero-order chi connectivity index (χ0) is 12.1. The molecule has 1 saturated heterocycles. The summed E-state index contributed by atoms with van der Waals surface area (Å²) in [5, 5.41) is 0. The highest BCUT2D eigenvalue weighted by Crippen LogP contribution is 2.18. The van der Waals surface area contributed by atoms with E-state index in [2.05, 4.69) is 11.8 Å². The lowest BCUT2D eigenvalue weighted by Gasteiger charge is -2.28. The van der Waals surface area contributed by atoms with Gasteiger partial charge >= 0.3 is 0 Å². The molecule has 1 aliphatic rings. The van der Waals surface area contributed by atoms with Crippen molar-refractivity contribution in [2.24, 2.45) is 5.92 Å². The molecule has 0 aromatic heterocycles. The van der Waals surface area contributed by atoms with Gasteiger partial charge in [0.1, 0.15) is 0 Å². The normalized spacial score (nSPS) is 23.4. The fourth-order valence-corrected chi connectivity index (χ4v) is 2.50. The van der Waals surface area contributed by atoms with Gasteiger partial charge in [0, 0.05) is 31.4 Å². The molecule has 94 valence electrons. The molecule has 0 aliphatic carbocycles. The molecule has 0 spiro atoms. The van der Waals surface area contributed by atoms with Crippen LogP contribution < -0.4 is 0 Å². The smallest absolute Gasteiger partial charge is 0.226 e. The molecule has 1 amide bonds. The van der Waals surface area contributed by atoms with Gasteiger partial charge in [-0.05, 0) is 25.9 Å². The second-order valence-electron chi connectivity index (χ2n) is 4.70. The second-order valence-corrected chi connectivity index (χ2v) is 5.01. The number of rotatable bonds is 5. The van der Waals surface area contributed by atoms with Crippen LogP contribution in [0, 0.1) is 5.92 Å². The summed E-state index contributed by atoms with van der Waals surface area (Å²) in [5.74, 6) is 0.506.